The second kappa shape index (κ2) is 10.0. The Hall–Kier alpha value is -3.51. The Morgan fingerprint density at radius 1 is 1.03 bits per heavy atom. The maximum Gasteiger partial charge on any atom is 0.573 e. The Labute approximate surface area is 199 Å². The quantitative estimate of drug-likeness (QED) is 0.498. The van der Waals surface area contributed by atoms with Gasteiger partial charge in [-0.05, 0) is 36.8 Å². The molecule has 0 saturated carbocycles. The normalized spacial score (nSPS) is 18.5. The summed E-state index contributed by atoms with van der Waals surface area (Å²) in [6.45, 7) is 0.760. The molecule has 188 valence electrons. The van der Waals surface area contributed by atoms with Crippen molar-refractivity contribution in [2.75, 3.05) is 27.9 Å². The average molecular weight is 495 g/mol. The van der Waals surface area contributed by atoms with Gasteiger partial charge in [0, 0.05) is 24.2 Å². The average Bonchev–Trinajstić information content (AvgIpc) is 3.44. The van der Waals surface area contributed by atoms with E-state index in [1.54, 1.807) is 6.07 Å². The van der Waals surface area contributed by atoms with Crippen LogP contribution in [0.15, 0.2) is 40.9 Å². The highest BCUT2D eigenvalue weighted by Crippen LogP contribution is 2.42. The second-order valence-corrected chi connectivity index (χ2v) is 7.86. The number of β-amino-alcohol motifs (C(OH)–C–C–N with tert-alkyl or cyclic N) is 1. The minimum absolute atomic E-state index is 0.212. The smallest absolute Gasteiger partial charge is 0.493 e. The molecule has 2 heterocycles. The fraction of sp³-hybridized carbons (Fsp3) is 0.391. The number of methoxy groups -OCH3 is 3. The van der Waals surface area contributed by atoms with E-state index in [0.29, 0.717) is 42.3 Å². The molecule has 12 heteroatoms. The Morgan fingerprint density at radius 2 is 1.74 bits per heavy atom. The minimum atomic E-state index is -4.77. The Morgan fingerprint density at radius 3 is 2.37 bits per heavy atom. The van der Waals surface area contributed by atoms with E-state index in [4.69, 9.17) is 18.7 Å². The molecule has 0 spiro atoms. The summed E-state index contributed by atoms with van der Waals surface area (Å²) < 4.78 is 62.9. The summed E-state index contributed by atoms with van der Waals surface area (Å²) in [5.74, 6) is 1.65. The number of aromatic nitrogens is 2. The van der Waals surface area contributed by atoms with Crippen molar-refractivity contribution < 1.29 is 41.7 Å². The van der Waals surface area contributed by atoms with Crippen LogP contribution in [0.1, 0.15) is 23.9 Å². The predicted octanol–water partition coefficient (Wildman–Crippen LogP) is 3.97. The zero-order valence-corrected chi connectivity index (χ0v) is 19.2. The van der Waals surface area contributed by atoms with E-state index in [0.717, 1.165) is 5.56 Å². The summed E-state index contributed by atoms with van der Waals surface area (Å²) in [6.07, 6.45) is -5.01. The van der Waals surface area contributed by atoms with Crippen LogP contribution in [0.4, 0.5) is 13.2 Å². The van der Waals surface area contributed by atoms with Gasteiger partial charge in [-0.1, -0.05) is 11.2 Å². The van der Waals surface area contributed by atoms with Crippen LogP contribution in [0.3, 0.4) is 0 Å². The van der Waals surface area contributed by atoms with Crippen LogP contribution in [-0.4, -0.2) is 60.5 Å². The van der Waals surface area contributed by atoms with Crippen LogP contribution in [0.25, 0.3) is 11.4 Å². The third kappa shape index (κ3) is 5.43. The van der Waals surface area contributed by atoms with E-state index in [-0.39, 0.29) is 23.5 Å². The lowest BCUT2D eigenvalue weighted by Crippen LogP contribution is -2.25. The number of rotatable bonds is 8. The molecule has 1 aromatic heterocycles. The highest BCUT2D eigenvalue weighted by Gasteiger charge is 2.37. The predicted molar refractivity (Wildman–Crippen MR) is 116 cm³/mol. The van der Waals surface area contributed by atoms with Gasteiger partial charge in [-0.15, -0.1) is 13.2 Å². The lowest BCUT2D eigenvalue weighted by atomic mass is 10.1. The van der Waals surface area contributed by atoms with Gasteiger partial charge in [0.1, 0.15) is 5.75 Å². The van der Waals surface area contributed by atoms with E-state index >= 15 is 0 Å². The third-order valence-corrected chi connectivity index (χ3v) is 5.61. The summed E-state index contributed by atoms with van der Waals surface area (Å²) in [5, 5.41) is 14.3. The SMILES string of the molecule is COc1ccc(CN2CC(O)CC2c2nc(-c3ccc(OC(F)(F)F)cc3)no2)c(OC)c1OC. The van der Waals surface area contributed by atoms with Crippen molar-refractivity contribution in [3.8, 4) is 34.4 Å². The third-order valence-electron chi connectivity index (χ3n) is 5.61. The number of ether oxygens (including phenoxy) is 4. The number of benzene rings is 2. The van der Waals surface area contributed by atoms with Crippen LogP contribution in [0, 0.1) is 0 Å². The van der Waals surface area contributed by atoms with Crippen LogP contribution < -0.4 is 18.9 Å². The van der Waals surface area contributed by atoms with E-state index in [1.807, 2.05) is 11.0 Å². The van der Waals surface area contributed by atoms with Crippen LogP contribution in [0.5, 0.6) is 23.0 Å². The van der Waals surface area contributed by atoms with Crippen molar-refractivity contribution in [1.29, 1.82) is 0 Å². The number of likely N-dealkylation sites (tertiary alicyclic amines) is 1. The first-order chi connectivity index (χ1) is 16.7. The van der Waals surface area contributed by atoms with E-state index in [9.17, 15) is 18.3 Å². The van der Waals surface area contributed by atoms with E-state index < -0.39 is 12.5 Å². The summed E-state index contributed by atoms with van der Waals surface area (Å²) in [5.41, 5.74) is 1.27. The van der Waals surface area contributed by atoms with Gasteiger partial charge in [0.05, 0.1) is 33.5 Å². The molecule has 35 heavy (non-hydrogen) atoms. The monoisotopic (exact) mass is 495 g/mol. The first kappa shape index (κ1) is 24.6. The van der Waals surface area contributed by atoms with E-state index in [1.165, 1.54) is 45.6 Å². The summed E-state index contributed by atoms with van der Waals surface area (Å²) >= 11 is 0. The van der Waals surface area contributed by atoms with Gasteiger partial charge < -0.3 is 28.6 Å². The molecule has 4 rings (SSSR count). The van der Waals surface area contributed by atoms with Gasteiger partial charge in [0.2, 0.25) is 17.5 Å². The van der Waals surface area contributed by atoms with Gasteiger partial charge in [0.15, 0.2) is 11.5 Å². The molecule has 0 amide bonds. The molecule has 1 saturated heterocycles. The largest absolute Gasteiger partial charge is 0.573 e. The van der Waals surface area contributed by atoms with Crippen molar-refractivity contribution in [2.24, 2.45) is 0 Å². The maximum atomic E-state index is 12.4. The zero-order chi connectivity index (χ0) is 25.2. The van der Waals surface area contributed by atoms with Gasteiger partial charge in [-0.25, -0.2) is 0 Å². The topological polar surface area (TPSA) is 99.3 Å². The number of halogens is 3. The molecule has 0 bridgehead atoms. The van der Waals surface area contributed by atoms with Crippen LogP contribution in [0.2, 0.25) is 0 Å². The van der Waals surface area contributed by atoms with Crippen LogP contribution >= 0.6 is 0 Å². The molecule has 0 radical (unpaired) electrons. The minimum Gasteiger partial charge on any atom is -0.493 e. The standard InChI is InChI=1S/C23H24F3N3O6/c1-31-18-9-6-14(19(32-2)20(18)33-3)11-29-12-15(30)10-17(29)22-27-21(28-35-22)13-4-7-16(8-5-13)34-23(24,25)26/h4-9,15,17,30H,10-12H2,1-3H3. The van der Waals surface area contributed by atoms with Crippen LogP contribution in [-0.2, 0) is 6.54 Å². The lowest BCUT2D eigenvalue weighted by molar-refractivity contribution is -0.274. The summed E-state index contributed by atoms with van der Waals surface area (Å²) in [6, 6.07) is 8.41. The molecule has 1 N–H and O–H groups in total. The molecule has 0 aliphatic carbocycles. The Bertz CT molecular complexity index is 1150. The number of hydrogen-bond donors (Lipinski definition) is 1. The van der Waals surface area contributed by atoms with E-state index in [2.05, 4.69) is 14.9 Å². The van der Waals surface area contributed by atoms with Gasteiger partial charge >= 0.3 is 6.36 Å². The summed E-state index contributed by atoms with van der Waals surface area (Å²) in [4.78, 5) is 6.41. The van der Waals surface area contributed by atoms with Gasteiger partial charge in [-0.3, -0.25) is 4.90 Å². The zero-order valence-electron chi connectivity index (χ0n) is 19.2. The van der Waals surface area contributed by atoms with Crippen molar-refractivity contribution in [1.82, 2.24) is 15.0 Å². The molecule has 1 aliphatic heterocycles. The first-order valence-electron chi connectivity index (χ1n) is 10.6. The Balaban J connectivity index is 1.55. The molecule has 2 aromatic carbocycles. The highest BCUT2D eigenvalue weighted by atomic mass is 19.4. The molecule has 1 aliphatic rings. The van der Waals surface area contributed by atoms with Gasteiger partial charge in [0.25, 0.3) is 0 Å². The molecular formula is C23H24F3N3O6. The number of nitrogens with zero attached hydrogens (tertiary/aromatic N) is 3. The van der Waals surface area contributed by atoms with Gasteiger partial charge in [-0.2, -0.15) is 4.98 Å². The highest BCUT2D eigenvalue weighted by molar-refractivity contribution is 5.56. The molecule has 3 aromatic rings. The van der Waals surface area contributed by atoms with Crippen molar-refractivity contribution in [3.05, 3.63) is 47.9 Å². The fourth-order valence-electron chi connectivity index (χ4n) is 4.11. The molecule has 2 atom stereocenters. The second-order valence-electron chi connectivity index (χ2n) is 7.86. The molecule has 1 fully saturated rings. The molecule has 9 nitrogen and oxygen atoms in total. The number of aliphatic hydroxyl groups excluding tert-OH is 1. The fourth-order valence-corrected chi connectivity index (χ4v) is 4.11. The van der Waals surface area contributed by atoms with Crippen molar-refractivity contribution in [3.63, 3.8) is 0 Å². The number of aliphatic hydroxyl groups is 1. The number of alkyl halides is 3. The van der Waals surface area contributed by atoms with Crippen molar-refractivity contribution >= 4 is 0 Å². The lowest BCUT2D eigenvalue weighted by Gasteiger charge is -2.23. The number of hydrogen-bond acceptors (Lipinski definition) is 9. The molecular weight excluding hydrogens is 471 g/mol. The molecule has 2 unspecified atom stereocenters. The maximum absolute atomic E-state index is 12.4. The summed E-state index contributed by atoms with van der Waals surface area (Å²) in [7, 11) is 4.59. The Kier molecular flexibility index (Phi) is 7.03. The van der Waals surface area contributed by atoms with Crippen molar-refractivity contribution in [2.45, 2.75) is 31.5 Å². The first-order valence-corrected chi connectivity index (χ1v) is 10.6.